The number of nitrogens with zero attached hydrogens (tertiary/aromatic N) is 1. The molecule has 126 valence electrons. The Morgan fingerprint density at radius 3 is 2.08 bits per heavy atom. The van der Waals surface area contributed by atoms with E-state index in [2.05, 4.69) is 89.8 Å². The topological polar surface area (TPSA) is 3.24 Å². The van der Waals surface area contributed by atoms with E-state index in [1.807, 2.05) is 0 Å². The van der Waals surface area contributed by atoms with Crippen LogP contribution >= 0.6 is 0 Å². The molecule has 1 heterocycles. The van der Waals surface area contributed by atoms with Gasteiger partial charge in [-0.05, 0) is 47.6 Å². The molecule has 0 radical (unpaired) electrons. The molecule has 1 atom stereocenters. The molecule has 0 aliphatic carbocycles. The Labute approximate surface area is 150 Å². The molecule has 3 aromatic carbocycles. The standard InChI is InChI=1S/C24H25N/c1-3-8-20(9-4-1)18-25-17-7-12-24(19-25)23-15-13-22(14-16-23)21-10-5-2-6-11-21/h1-6,8-11,13-16,24H,7,12,17-19H2/t24-/m1/s1. The summed E-state index contributed by atoms with van der Waals surface area (Å²) in [6.45, 7) is 3.45. The van der Waals surface area contributed by atoms with Crippen molar-refractivity contribution in [1.29, 1.82) is 0 Å². The van der Waals surface area contributed by atoms with Crippen LogP contribution < -0.4 is 0 Å². The van der Waals surface area contributed by atoms with E-state index in [1.54, 1.807) is 0 Å². The zero-order chi connectivity index (χ0) is 16.9. The van der Waals surface area contributed by atoms with Crippen LogP contribution in [0.1, 0.15) is 29.9 Å². The lowest BCUT2D eigenvalue weighted by molar-refractivity contribution is 0.200. The van der Waals surface area contributed by atoms with Gasteiger partial charge in [0.15, 0.2) is 0 Å². The summed E-state index contributed by atoms with van der Waals surface area (Å²) in [5.74, 6) is 0.655. The van der Waals surface area contributed by atoms with Crippen molar-refractivity contribution < 1.29 is 0 Å². The highest BCUT2D eigenvalue weighted by molar-refractivity contribution is 5.63. The average Bonchev–Trinajstić information content (AvgIpc) is 2.70. The van der Waals surface area contributed by atoms with Crippen LogP contribution in [-0.4, -0.2) is 18.0 Å². The molecular weight excluding hydrogens is 302 g/mol. The SMILES string of the molecule is c1ccc(CN2CCC[C@@H](c3ccc(-c4ccccc4)cc3)C2)cc1. The van der Waals surface area contributed by atoms with Crippen LogP contribution in [0.25, 0.3) is 11.1 Å². The zero-order valence-corrected chi connectivity index (χ0v) is 14.6. The molecule has 0 saturated carbocycles. The molecule has 0 bridgehead atoms. The molecule has 25 heavy (non-hydrogen) atoms. The monoisotopic (exact) mass is 327 g/mol. The van der Waals surface area contributed by atoms with Gasteiger partial charge in [0.2, 0.25) is 0 Å². The van der Waals surface area contributed by atoms with Gasteiger partial charge in [0, 0.05) is 13.1 Å². The summed E-state index contributed by atoms with van der Waals surface area (Å²) in [5.41, 5.74) is 5.50. The fourth-order valence-electron chi connectivity index (χ4n) is 3.89. The van der Waals surface area contributed by atoms with Crippen LogP contribution in [0.5, 0.6) is 0 Å². The highest BCUT2D eigenvalue weighted by Gasteiger charge is 2.21. The maximum atomic E-state index is 2.61. The van der Waals surface area contributed by atoms with Crippen molar-refractivity contribution in [3.63, 3.8) is 0 Å². The molecule has 1 nitrogen and oxygen atoms in total. The van der Waals surface area contributed by atoms with Gasteiger partial charge < -0.3 is 0 Å². The molecule has 1 aliphatic heterocycles. The van der Waals surface area contributed by atoms with Crippen molar-refractivity contribution in [3.05, 3.63) is 96.1 Å². The Balaban J connectivity index is 1.44. The maximum absolute atomic E-state index is 2.61. The number of likely N-dealkylation sites (tertiary alicyclic amines) is 1. The summed E-state index contributed by atoms with van der Waals surface area (Å²) in [5, 5.41) is 0. The van der Waals surface area contributed by atoms with Crippen LogP contribution in [0.15, 0.2) is 84.9 Å². The first-order valence-electron chi connectivity index (χ1n) is 9.30. The lowest BCUT2D eigenvalue weighted by Crippen LogP contribution is -2.33. The average molecular weight is 327 g/mol. The molecule has 0 aromatic heterocycles. The van der Waals surface area contributed by atoms with Gasteiger partial charge in [-0.3, -0.25) is 4.90 Å². The van der Waals surface area contributed by atoms with Crippen LogP contribution in [0.3, 0.4) is 0 Å². The molecule has 0 spiro atoms. The van der Waals surface area contributed by atoms with Crippen molar-refractivity contribution in [2.24, 2.45) is 0 Å². The third-order valence-corrected chi connectivity index (χ3v) is 5.24. The third-order valence-electron chi connectivity index (χ3n) is 5.24. The molecular formula is C24H25N. The third kappa shape index (κ3) is 4.00. The van der Waals surface area contributed by atoms with Gasteiger partial charge in [-0.25, -0.2) is 0 Å². The molecule has 3 aromatic rings. The van der Waals surface area contributed by atoms with Crippen molar-refractivity contribution in [1.82, 2.24) is 4.90 Å². The minimum absolute atomic E-state index is 0.655. The van der Waals surface area contributed by atoms with E-state index in [0.717, 1.165) is 6.54 Å². The van der Waals surface area contributed by atoms with Gasteiger partial charge in [-0.1, -0.05) is 84.9 Å². The van der Waals surface area contributed by atoms with Crippen molar-refractivity contribution in [2.45, 2.75) is 25.3 Å². The molecule has 0 N–H and O–H groups in total. The Morgan fingerprint density at radius 2 is 1.36 bits per heavy atom. The fourth-order valence-corrected chi connectivity index (χ4v) is 3.89. The van der Waals surface area contributed by atoms with Crippen LogP contribution in [0.2, 0.25) is 0 Å². The molecule has 1 saturated heterocycles. The van der Waals surface area contributed by atoms with E-state index in [9.17, 15) is 0 Å². The van der Waals surface area contributed by atoms with Gasteiger partial charge in [0.1, 0.15) is 0 Å². The molecule has 0 unspecified atom stereocenters. The minimum atomic E-state index is 0.655. The van der Waals surface area contributed by atoms with Gasteiger partial charge in [-0.15, -0.1) is 0 Å². The quantitative estimate of drug-likeness (QED) is 0.591. The number of benzene rings is 3. The summed E-state index contributed by atoms with van der Waals surface area (Å²) in [4.78, 5) is 2.61. The lowest BCUT2D eigenvalue weighted by Gasteiger charge is -2.33. The van der Waals surface area contributed by atoms with Gasteiger partial charge in [-0.2, -0.15) is 0 Å². The highest BCUT2D eigenvalue weighted by Crippen LogP contribution is 2.29. The Morgan fingerprint density at radius 1 is 0.720 bits per heavy atom. The first-order valence-corrected chi connectivity index (χ1v) is 9.30. The van der Waals surface area contributed by atoms with Gasteiger partial charge in [0.25, 0.3) is 0 Å². The number of hydrogen-bond donors (Lipinski definition) is 0. The normalized spacial score (nSPS) is 18.2. The van der Waals surface area contributed by atoms with Crippen molar-refractivity contribution >= 4 is 0 Å². The molecule has 1 fully saturated rings. The number of piperidine rings is 1. The Bertz CT molecular complexity index is 777. The van der Waals surface area contributed by atoms with Crippen molar-refractivity contribution in [2.75, 3.05) is 13.1 Å². The minimum Gasteiger partial charge on any atom is -0.298 e. The second kappa shape index (κ2) is 7.67. The Kier molecular flexibility index (Phi) is 4.94. The van der Waals surface area contributed by atoms with E-state index in [0.29, 0.717) is 5.92 Å². The zero-order valence-electron chi connectivity index (χ0n) is 14.6. The highest BCUT2D eigenvalue weighted by atomic mass is 15.1. The number of rotatable bonds is 4. The molecule has 4 rings (SSSR count). The molecule has 1 aliphatic rings. The summed E-state index contributed by atoms with van der Waals surface area (Å²) < 4.78 is 0. The first kappa shape index (κ1) is 16.1. The Hall–Kier alpha value is -2.38. The fraction of sp³-hybridized carbons (Fsp3) is 0.250. The predicted octanol–water partition coefficient (Wildman–Crippen LogP) is 5.73. The van der Waals surface area contributed by atoms with Crippen LogP contribution in [0, 0.1) is 0 Å². The largest absolute Gasteiger partial charge is 0.298 e. The summed E-state index contributed by atoms with van der Waals surface area (Å²) in [7, 11) is 0. The van der Waals surface area contributed by atoms with Crippen LogP contribution in [0.4, 0.5) is 0 Å². The number of hydrogen-bond acceptors (Lipinski definition) is 1. The van der Waals surface area contributed by atoms with E-state index in [4.69, 9.17) is 0 Å². The van der Waals surface area contributed by atoms with E-state index >= 15 is 0 Å². The van der Waals surface area contributed by atoms with E-state index in [1.165, 1.54) is 48.2 Å². The summed E-state index contributed by atoms with van der Waals surface area (Å²) >= 11 is 0. The predicted molar refractivity (Wildman–Crippen MR) is 106 cm³/mol. The molecule has 1 heteroatoms. The smallest absolute Gasteiger partial charge is 0.0233 e. The van der Waals surface area contributed by atoms with Crippen molar-refractivity contribution in [3.8, 4) is 11.1 Å². The van der Waals surface area contributed by atoms with E-state index < -0.39 is 0 Å². The molecule has 0 amide bonds. The lowest BCUT2D eigenvalue weighted by atomic mass is 9.89. The summed E-state index contributed by atoms with van der Waals surface area (Å²) in [6, 6.07) is 30.7. The summed E-state index contributed by atoms with van der Waals surface area (Å²) in [6.07, 6.45) is 2.59. The first-order chi connectivity index (χ1) is 12.4. The van der Waals surface area contributed by atoms with E-state index in [-0.39, 0.29) is 0 Å². The second-order valence-electron chi connectivity index (χ2n) is 7.05. The maximum Gasteiger partial charge on any atom is 0.0233 e. The second-order valence-corrected chi connectivity index (χ2v) is 7.05. The van der Waals surface area contributed by atoms with Gasteiger partial charge in [0.05, 0.1) is 0 Å². The van der Waals surface area contributed by atoms with Crippen LogP contribution in [-0.2, 0) is 6.54 Å². The van der Waals surface area contributed by atoms with Gasteiger partial charge >= 0.3 is 0 Å².